The van der Waals surface area contributed by atoms with Crippen LogP contribution in [-0.2, 0) is 6.54 Å². The van der Waals surface area contributed by atoms with Gasteiger partial charge in [0.15, 0.2) is 5.82 Å². The number of hydrogen-bond acceptors (Lipinski definition) is 4. The zero-order valence-electron chi connectivity index (χ0n) is 13.6. The van der Waals surface area contributed by atoms with E-state index in [0.717, 1.165) is 22.5 Å². The molecule has 0 saturated heterocycles. The predicted molar refractivity (Wildman–Crippen MR) is 91.0 cm³/mol. The Morgan fingerprint density at radius 2 is 1.92 bits per heavy atom. The first-order valence-corrected chi connectivity index (χ1v) is 7.73. The lowest BCUT2D eigenvalue weighted by molar-refractivity contribution is 0.152. The van der Waals surface area contributed by atoms with Gasteiger partial charge in [0, 0.05) is 5.56 Å². The first-order valence-electron chi connectivity index (χ1n) is 7.73. The fraction of sp³-hybridized carbons (Fsp3) is 0.211. The molecule has 0 bridgehead atoms. The average molecular weight is 318 g/mol. The summed E-state index contributed by atoms with van der Waals surface area (Å²) in [5, 5.41) is 23.8. The summed E-state index contributed by atoms with van der Waals surface area (Å²) in [6, 6.07) is 17.1. The minimum atomic E-state index is -0.720. The standard InChI is InChI=1S/C19H18N4O/c1-13-4-3-5-17(10-13)19-21-14(2)22-23(19)12-18(24)16-8-6-15(11-20)7-9-16/h3-10,18,24H,12H2,1-2H3. The number of nitriles is 1. The van der Waals surface area contributed by atoms with Gasteiger partial charge in [-0.15, -0.1) is 0 Å². The molecule has 0 saturated carbocycles. The Bertz CT molecular complexity index is 890. The molecule has 0 fully saturated rings. The monoisotopic (exact) mass is 318 g/mol. The molecule has 0 spiro atoms. The van der Waals surface area contributed by atoms with E-state index in [1.54, 1.807) is 28.9 Å². The molecule has 1 aromatic heterocycles. The van der Waals surface area contributed by atoms with Crippen molar-refractivity contribution in [1.82, 2.24) is 14.8 Å². The molecule has 1 atom stereocenters. The summed E-state index contributed by atoms with van der Waals surface area (Å²) in [5.74, 6) is 1.41. The van der Waals surface area contributed by atoms with Gasteiger partial charge in [-0.05, 0) is 37.6 Å². The maximum absolute atomic E-state index is 10.5. The fourth-order valence-corrected chi connectivity index (χ4v) is 2.63. The molecule has 1 unspecified atom stereocenters. The van der Waals surface area contributed by atoms with Crippen molar-refractivity contribution >= 4 is 0 Å². The summed E-state index contributed by atoms with van der Waals surface area (Å²) in [6.07, 6.45) is -0.720. The minimum absolute atomic E-state index is 0.302. The Balaban J connectivity index is 1.88. The van der Waals surface area contributed by atoms with Crippen LogP contribution in [0, 0.1) is 25.2 Å². The quantitative estimate of drug-likeness (QED) is 0.802. The third kappa shape index (κ3) is 3.34. The Morgan fingerprint density at radius 3 is 2.58 bits per heavy atom. The minimum Gasteiger partial charge on any atom is -0.386 e. The van der Waals surface area contributed by atoms with Crippen LogP contribution < -0.4 is 0 Å². The van der Waals surface area contributed by atoms with E-state index < -0.39 is 6.10 Å². The molecule has 0 amide bonds. The summed E-state index contributed by atoms with van der Waals surface area (Å²) in [6.45, 7) is 4.17. The summed E-state index contributed by atoms with van der Waals surface area (Å²) in [7, 11) is 0. The zero-order valence-corrected chi connectivity index (χ0v) is 13.6. The van der Waals surface area contributed by atoms with Crippen molar-refractivity contribution in [2.45, 2.75) is 26.5 Å². The van der Waals surface area contributed by atoms with Crippen LogP contribution in [0.5, 0.6) is 0 Å². The molecular formula is C19H18N4O. The molecule has 0 aliphatic carbocycles. The smallest absolute Gasteiger partial charge is 0.158 e. The summed E-state index contributed by atoms with van der Waals surface area (Å²) in [4.78, 5) is 4.49. The van der Waals surface area contributed by atoms with Gasteiger partial charge in [-0.25, -0.2) is 9.67 Å². The highest BCUT2D eigenvalue weighted by Crippen LogP contribution is 2.22. The van der Waals surface area contributed by atoms with Crippen molar-refractivity contribution in [1.29, 1.82) is 5.26 Å². The van der Waals surface area contributed by atoms with Crippen molar-refractivity contribution in [2.24, 2.45) is 0 Å². The topological polar surface area (TPSA) is 74.7 Å². The lowest BCUT2D eigenvalue weighted by atomic mass is 10.1. The Hall–Kier alpha value is -2.97. The van der Waals surface area contributed by atoms with E-state index in [4.69, 9.17) is 5.26 Å². The molecule has 5 nitrogen and oxygen atoms in total. The fourth-order valence-electron chi connectivity index (χ4n) is 2.63. The molecule has 120 valence electrons. The Morgan fingerprint density at radius 1 is 1.17 bits per heavy atom. The maximum Gasteiger partial charge on any atom is 0.158 e. The van der Waals surface area contributed by atoms with Gasteiger partial charge >= 0.3 is 0 Å². The molecule has 5 heteroatoms. The number of benzene rings is 2. The molecule has 0 aliphatic heterocycles. The van der Waals surface area contributed by atoms with E-state index in [2.05, 4.69) is 16.2 Å². The number of rotatable bonds is 4. The van der Waals surface area contributed by atoms with E-state index in [-0.39, 0.29) is 0 Å². The van der Waals surface area contributed by atoms with Gasteiger partial charge in [-0.2, -0.15) is 10.4 Å². The zero-order chi connectivity index (χ0) is 17.1. The molecule has 0 aliphatic rings. The molecule has 1 heterocycles. The largest absolute Gasteiger partial charge is 0.386 e. The van der Waals surface area contributed by atoms with Crippen molar-refractivity contribution in [3.8, 4) is 17.5 Å². The van der Waals surface area contributed by atoms with E-state index in [9.17, 15) is 5.11 Å². The third-order valence-corrected chi connectivity index (χ3v) is 3.82. The van der Waals surface area contributed by atoms with Crippen LogP contribution in [0.3, 0.4) is 0 Å². The van der Waals surface area contributed by atoms with Gasteiger partial charge in [0.2, 0.25) is 0 Å². The first-order chi connectivity index (χ1) is 11.6. The Kier molecular flexibility index (Phi) is 4.41. The normalized spacial score (nSPS) is 11.9. The lowest BCUT2D eigenvalue weighted by Crippen LogP contribution is -2.11. The number of aliphatic hydroxyl groups excluding tert-OH is 1. The molecular weight excluding hydrogens is 300 g/mol. The van der Waals surface area contributed by atoms with Crippen LogP contribution in [0.2, 0.25) is 0 Å². The first kappa shape index (κ1) is 15.9. The van der Waals surface area contributed by atoms with E-state index in [1.807, 2.05) is 38.1 Å². The second kappa shape index (κ2) is 6.65. The van der Waals surface area contributed by atoms with Crippen LogP contribution in [0.1, 0.15) is 28.6 Å². The summed E-state index contributed by atoms with van der Waals surface area (Å²) >= 11 is 0. The number of hydrogen-bond donors (Lipinski definition) is 1. The van der Waals surface area contributed by atoms with Crippen LogP contribution in [0.15, 0.2) is 48.5 Å². The SMILES string of the molecule is Cc1cccc(-c2nc(C)nn2CC(O)c2ccc(C#N)cc2)c1. The van der Waals surface area contributed by atoms with Crippen LogP contribution in [-0.4, -0.2) is 19.9 Å². The van der Waals surface area contributed by atoms with Gasteiger partial charge in [0.25, 0.3) is 0 Å². The van der Waals surface area contributed by atoms with Crippen molar-refractivity contribution in [3.63, 3.8) is 0 Å². The van der Waals surface area contributed by atoms with E-state index >= 15 is 0 Å². The number of aryl methyl sites for hydroxylation is 2. The molecule has 2 aromatic carbocycles. The lowest BCUT2D eigenvalue weighted by Gasteiger charge is -2.13. The Labute approximate surface area is 140 Å². The summed E-state index contributed by atoms with van der Waals surface area (Å²) in [5.41, 5.74) is 3.44. The molecule has 3 aromatic rings. The highest BCUT2D eigenvalue weighted by atomic mass is 16.3. The van der Waals surface area contributed by atoms with E-state index in [1.165, 1.54) is 0 Å². The third-order valence-electron chi connectivity index (χ3n) is 3.82. The molecule has 3 rings (SSSR count). The maximum atomic E-state index is 10.5. The highest BCUT2D eigenvalue weighted by molar-refractivity contribution is 5.56. The molecule has 1 N–H and O–H groups in total. The van der Waals surface area contributed by atoms with Crippen molar-refractivity contribution < 1.29 is 5.11 Å². The van der Waals surface area contributed by atoms with Crippen LogP contribution in [0.4, 0.5) is 0 Å². The highest BCUT2D eigenvalue weighted by Gasteiger charge is 2.15. The van der Waals surface area contributed by atoms with E-state index in [0.29, 0.717) is 17.9 Å². The number of aliphatic hydroxyl groups is 1. The number of aromatic nitrogens is 3. The van der Waals surface area contributed by atoms with Gasteiger partial charge in [0.1, 0.15) is 5.82 Å². The molecule has 24 heavy (non-hydrogen) atoms. The second-order valence-corrected chi connectivity index (χ2v) is 5.78. The van der Waals surface area contributed by atoms with Gasteiger partial charge in [-0.1, -0.05) is 35.9 Å². The second-order valence-electron chi connectivity index (χ2n) is 5.78. The van der Waals surface area contributed by atoms with Crippen LogP contribution >= 0.6 is 0 Å². The van der Waals surface area contributed by atoms with Gasteiger partial charge in [0.05, 0.1) is 24.3 Å². The average Bonchev–Trinajstić information content (AvgIpc) is 2.95. The molecule has 0 radical (unpaired) electrons. The van der Waals surface area contributed by atoms with Crippen molar-refractivity contribution in [2.75, 3.05) is 0 Å². The summed E-state index contributed by atoms with van der Waals surface area (Å²) < 4.78 is 1.73. The number of nitrogens with zero attached hydrogens (tertiary/aromatic N) is 4. The van der Waals surface area contributed by atoms with Crippen molar-refractivity contribution in [3.05, 3.63) is 71.0 Å². The van der Waals surface area contributed by atoms with Gasteiger partial charge < -0.3 is 5.11 Å². The predicted octanol–water partition coefficient (Wildman–Crippen LogP) is 3.17. The van der Waals surface area contributed by atoms with Gasteiger partial charge in [-0.3, -0.25) is 0 Å². The van der Waals surface area contributed by atoms with Crippen LogP contribution in [0.25, 0.3) is 11.4 Å².